The molecule has 1 atom stereocenters. The Morgan fingerprint density at radius 2 is 2.43 bits per heavy atom. The Labute approximate surface area is 95.3 Å². The van der Waals surface area contributed by atoms with Crippen molar-refractivity contribution in [2.45, 2.75) is 25.8 Å². The zero-order valence-electron chi connectivity index (χ0n) is 8.16. The van der Waals surface area contributed by atoms with E-state index in [1.54, 1.807) is 0 Å². The molecule has 0 aromatic carbocycles. The van der Waals surface area contributed by atoms with Gasteiger partial charge in [-0.1, -0.05) is 31.6 Å². The van der Waals surface area contributed by atoms with Gasteiger partial charge in [0.2, 0.25) is 0 Å². The van der Waals surface area contributed by atoms with Crippen LogP contribution in [0.5, 0.6) is 0 Å². The van der Waals surface area contributed by atoms with Gasteiger partial charge >= 0.3 is 5.97 Å². The zero-order chi connectivity index (χ0) is 11.0. The maximum Gasteiger partial charge on any atom is 0.332 e. The molecule has 0 fully saturated rings. The molecule has 0 unspecified atom stereocenters. The van der Waals surface area contributed by atoms with Gasteiger partial charge in [0.05, 0.1) is 6.61 Å². The number of carbonyl (C=O) groups excluding carboxylic acids is 1. The van der Waals surface area contributed by atoms with Gasteiger partial charge in [-0.15, -0.1) is 19.2 Å². The smallest absolute Gasteiger partial charge is 0.332 e. The minimum Gasteiger partial charge on any atom is -0.464 e. The van der Waals surface area contributed by atoms with E-state index in [4.69, 9.17) is 17.0 Å². The Morgan fingerprint density at radius 3 is 2.86 bits per heavy atom. The standard InChI is InChI=1S/C9H15NO2S2/c1-3-5-6-12-8(11)7(4-2)10-9(13)14/h4,7H,2-3,5-6H2,1H3,(H2,10,13,14)/t7-/m0/s1. The lowest BCUT2D eigenvalue weighted by Crippen LogP contribution is -2.37. The zero-order valence-corrected chi connectivity index (χ0v) is 9.87. The Balaban J connectivity index is 3.91. The normalized spacial score (nSPS) is 11.6. The number of esters is 1. The van der Waals surface area contributed by atoms with Gasteiger partial charge in [0, 0.05) is 0 Å². The molecule has 0 heterocycles. The molecule has 1 N–H and O–H groups in total. The van der Waals surface area contributed by atoms with Gasteiger partial charge in [-0.3, -0.25) is 0 Å². The van der Waals surface area contributed by atoms with Crippen LogP contribution in [0.4, 0.5) is 0 Å². The summed E-state index contributed by atoms with van der Waals surface area (Å²) in [4.78, 5) is 11.3. The van der Waals surface area contributed by atoms with Crippen LogP contribution in [0.15, 0.2) is 12.7 Å². The second-order valence-electron chi connectivity index (χ2n) is 2.68. The molecule has 0 aliphatic rings. The van der Waals surface area contributed by atoms with Gasteiger partial charge in [-0.05, 0) is 6.42 Å². The highest BCUT2D eigenvalue weighted by molar-refractivity contribution is 8.11. The van der Waals surface area contributed by atoms with E-state index in [9.17, 15) is 4.79 Å². The molecule has 3 nitrogen and oxygen atoms in total. The summed E-state index contributed by atoms with van der Waals surface area (Å²) in [5.74, 6) is -0.371. The van der Waals surface area contributed by atoms with Crippen molar-refractivity contribution >= 4 is 35.1 Å². The second kappa shape index (κ2) is 7.82. The maximum atomic E-state index is 11.3. The summed E-state index contributed by atoms with van der Waals surface area (Å²) in [6, 6.07) is -0.600. The third-order valence-corrected chi connectivity index (χ3v) is 1.76. The summed E-state index contributed by atoms with van der Waals surface area (Å²) in [5.41, 5.74) is 0. The monoisotopic (exact) mass is 233 g/mol. The van der Waals surface area contributed by atoms with Crippen molar-refractivity contribution in [1.29, 1.82) is 0 Å². The highest BCUT2D eigenvalue weighted by atomic mass is 32.1. The molecule has 0 aromatic heterocycles. The molecule has 0 rings (SSSR count). The number of thiocarbonyl (C=S) groups is 1. The highest BCUT2D eigenvalue weighted by Gasteiger charge is 2.15. The first-order chi connectivity index (χ1) is 6.61. The van der Waals surface area contributed by atoms with Crippen molar-refractivity contribution in [3.8, 4) is 0 Å². The first-order valence-electron chi connectivity index (χ1n) is 4.40. The maximum absolute atomic E-state index is 11.3. The van der Waals surface area contributed by atoms with E-state index in [1.807, 2.05) is 6.92 Å². The predicted molar refractivity (Wildman–Crippen MR) is 64.6 cm³/mol. The number of unbranched alkanes of at least 4 members (excludes halogenated alkanes) is 1. The minimum atomic E-state index is -0.600. The number of carbonyl (C=O) groups is 1. The Hall–Kier alpha value is -0.550. The topological polar surface area (TPSA) is 38.3 Å². The van der Waals surface area contributed by atoms with E-state index < -0.39 is 6.04 Å². The number of hydrogen-bond donors (Lipinski definition) is 2. The molecule has 0 radical (unpaired) electrons. The molecule has 0 saturated carbocycles. The van der Waals surface area contributed by atoms with Gasteiger partial charge in [0.1, 0.15) is 10.4 Å². The molecule has 0 saturated heterocycles. The Morgan fingerprint density at radius 1 is 1.79 bits per heavy atom. The van der Waals surface area contributed by atoms with E-state index in [0.717, 1.165) is 12.8 Å². The van der Waals surface area contributed by atoms with Crippen LogP contribution in [0.2, 0.25) is 0 Å². The van der Waals surface area contributed by atoms with E-state index in [1.165, 1.54) is 6.08 Å². The van der Waals surface area contributed by atoms with Crippen LogP contribution in [0.25, 0.3) is 0 Å². The molecule has 0 spiro atoms. The molecular weight excluding hydrogens is 218 g/mol. The van der Waals surface area contributed by atoms with E-state index in [0.29, 0.717) is 6.61 Å². The van der Waals surface area contributed by atoms with Crippen molar-refractivity contribution in [2.75, 3.05) is 6.61 Å². The van der Waals surface area contributed by atoms with Gasteiger partial charge < -0.3 is 10.1 Å². The van der Waals surface area contributed by atoms with E-state index in [-0.39, 0.29) is 10.3 Å². The van der Waals surface area contributed by atoms with Crippen LogP contribution in [0.1, 0.15) is 19.8 Å². The Bertz CT molecular complexity index is 219. The largest absolute Gasteiger partial charge is 0.464 e. The summed E-state index contributed by atoms with van der Waals surface area (Å²) in [5, 5.41) is 2.66. The predicted octanol–water partition coefficient (Wildman–Crippen LogP) is 1.69. The summed E-state index contributed by atoms with van der Waals surface area (Å²) in [7, 11) is 0. The van der Waals surface area contributed by atoms with Crippen LogP contribution in [-0.2, 0) is 9.53 Å². The number of ether oxygens (including phenoxy) is 1. The number of hydrogen-bond acceptors (Lipinski definition) is 3. The van der Waals surface area contributed by atoms with Crippen LogP contribution < -0.4 is 5.32 Å². The third kappa shape index (κ3) is 5.99. The van der Waals surface area contributed by atoms with Crippen molar-refractivity contribution in [3.05, 3.63) is 12.7 Å². The third-order valence-electron chi connectivity index (χ3n) is 1.51. The lowest BCUT2D eigenvalue weighted by molar-refractivity contribution is -0.144. The fraction of sp³-hybridized carbons (Fsp3) is 0.556. The van der Waals surface area contributed by atoms with Gasteiger partial charge in [0.25, 0.3) is 0 Å². The molecule has 80 valence electrons. The molecule has 0 bridgehead atoms. The summed E-state index contributed by atoms with van der Waals surface area (Å²) < 4.78 is 5.22. The molecule has 14 heavy (non-hydrogen) atoms. The Kier molecular flexibility index (Phi) is 7.51. The fourth-order valence-electron chi connectivity index (χ4n) is 0.754. The van der Waals surface area contributed by atoms with Gasteiger partial charge in [-0.25, -0.2) is 4.79 Å². The summed E-state index contributed by atoms with van der Waals surface area (Å²) in [6.07, 6.45) is 3.29. The average molecular weight is 233 g/mol. The lowest BCUT2D eigenvalue weighted by Gasteiger charge is -2.13. The van der Waals surface area contributed by atoms with Gasteiger partial charge in [0.15, 0.2) is 0 Å². The van der Waals surface area contributed by atoms with Crippen molar-refractivity contribution in [2.24, 2.45) is 0 Å². The minimum absolute atomic E-state index is 0.252. The van der Waals surface area contributed by atoms with Crippen molar-refractivity contribution < 1.29 is 9.53 Å². The van der Waals surface area contributed by atoms with E-state index in [2.05, 4.69) is 24.5 Å². The second-order valence-corrected chi connectivity index (χ2v) is 3.84. The van der Waals surface area contributed by atoms with Gasteiger partial charge in [-0.2, -0.15) is 0 Å². The van der Waals surface area contributed by atoms with Crippen LogP contribution >= 0.6 is 24.8 Å². The van der Waals surface area contributed by atoms with Crippen LogP contribution in [0, 0.1) is 0 Å². The van der Waals surface area contributed by atoms with Crippen LogP contribution in [0.3, 0.4) is 0 Å². The first kappa shape index (κ1) is 13.4. The van der Waals surface area contributed by atoms with Crippen molar-refractivity contribution in [3.63, 3.8) is 0 Å². The number of thiol groups is 1. The SMILES string of the molecule is C=C[C@H](NC(=S)S)C(=O)OCCCC. The fourth-order valence-corrected chi connectivity index (χ4v) is 1.02. The average Bonchev–Trinajstić information content (AvgIpc) is 2.14. The molecular formula is C9H15NO2S2. The number of nitrogens with one attached hydrogen (secondary N) is 1. The summed E-state index contributed by atoms with van der Waals surface area (Å²) in [6.45, 7) is 5.97. The van der Waals surface area contributed by atoms with Crippen LogP contribution in [-0.4, -0.2) is 22.9 Å². The van der Waals surface area contributed by atoms with Crippen molar-refractivity contribution in [1.82, 2.24) is 5.32 Å². The summed E-state index contributed by atoms with van der Waals surface area (Å²) >= 11 is 8.55. The quantitative estimate of drug-likeness (QED) is 0.241. The number of rotatable bonds is 6. The first-order valence-corrected chi connectivity index (χ1v) is 5.26. The molecule has 0 aromatic rings. The molecule has 0 aliphatic heterocycles. The highest BCUT2D eigenvalue weighted by Crippen LogP contribution is 1.95. The lowest BCUT2D eigenvalue weighted by atomic mass is 10.3. The molecule has 5 heteroatoms. The molecule has 0 amide bonds. The van der Waals surface area contributed by atoms with E-state index >= 15 is 0 Å². The molecule has 0 aliphatic carbocycles.